The van der Waals surface area contributed by atoms with Gasteiger partial charge in [-0.05, 0) is 35.4 Å². The highest BCUT2D eigenvalue weighted by Crippen LogP contribution is 2.50. The minimum absolute atomic E-state index is 0.0311. The number of esters is 1. The minimum Gasteiger partial charge on any atom is -0.497 e. The van der Waals surface area contributed by atoms with Crippen molar-refractivity contribution in [3.8, 4) is 17.6 Å². The summed E-state index contributed by atoms with van der Waals surface area (Å²) in [5, 5.41) is 10.3. The third-order valence-electron chi connectivity index (χ3n) is 5.52. The molecule has 0 aromatic heterocycles. The van der Waals surface area contributed by atoms with Gasteiger partial charge in [0.05, 0.1) is 44.5 Å². The average Bonchev–Trinajstić information content (AvgIpc) is 2.87. The van der Waals surface area contributed by atoms with Crippen LogP contribution in [-0.2, 0) is 14.3 Å². The molecule has 0 saturated heterocycles. The first-order valence-corrected chi connectivity index (χ1v) is 11.0. The van der Waals surface area contributed by atoms with Gasteiger partial charge in [0.25, 0.3) is 5.91 Å². The lowest BCUT2D eigenvalue weighted by Crippen LogP contribution is -2.40. The molecule has 0 bridgehead atoms. The smallest absolute Gasteiger partial charge is 0.337 e. The number of nitrogens with two attached hydrogens (primary N) is 1. The van der Waals surface area contributed by atoms with Crippen molar-refractivity contribution in [1.82, 2.24) is 4.90 Å². The number of amides is 1. The molecule has 4 rings (SSSR count). The Morgan fingerprint density at radius 3 is 2.41 bits per heavy atom. The van der Waals surface area contributed by atoms with Gasteiger partial charge in [-0.15, -0.1) is 0 Å². The molecule has 0 fully saturated rings. The van der Waals surface area contributed by atoms with E-state index >= 15 is 0 Å². The Bertz CT molecular complexity index is 1320. The summed E-state index contributed by atoms with van der Waals surface area (Å²) in [4.78, 5) is 28.1. The second-order valence-corrected chi connectivity index (χ2v) is 8.38. The normalized spacial score (nSPS) is 17.6. The quantitative estimate of drug-likeness (QED) is 0.654. The van der Waals surface area contributed by atoms with E-state index in [2.05, 4.69) is 6.07 Å². The van der Waals surface area contributed by atoms with Gasteiger partial charge < -0.3 is 19.9 Å². The summed E-state index contributed by atoms with van der Waals surface area (Å²) >= 11 is 1.20. The van der Waals surface area contributed by atoms with Crippen LogP contribution in [0.1, 0.15) is 17.0 Å². The lowest BCUT2D eigenvalue weighted by molar-refractivity contribution is -0.136. The number of allylic oxidation sites excluding steroid dienone is 1. The van der Waals surface area contributed by atoms with Gasteiger partial charge in [-0.25, -0.2) is 4.79 Å². The molecule has 1 unspecified atom stereocenters. The molecule has 172 valence electrons. The van der Waals surface area contributed by atoms with Crippen LogP contribution in [0.5, 0.6) is 11.5 Å². The van der Waals surface area contributed by atoms with Gasteiger partial charge in [0, 0.05) is 11.0 Å². The third kappa shape index (κ3) is 3.89. The number of methoxy groups -OCH3 is 3. The Labute approximate surface area is 200 Å². The Hall–Kier alpha value is -4.16. The van der Waals surface area contributed by atoms with Crippen LogP contribution < -0.4 is 15.2 Å². The fourth-order valence-electron chi connectivity index (χ4n) is 3.91. The SMILES string of the molecule is COC(=O)C1=C2SC(c3cccc(OC)c3)=CC(=O)N2C(N)=C(C#N)C1c1cccc(OC)c1. The fraction of sp³-hybridized carbons (Fsp3) is 0.160. The first-order valence-electron chi connectivity index (χ1n) is 10.2. The number of nitrogens with zero attached hydrogens (tertiary/aromatic N) is 2. The number of nitriles is 1. The van der Waals surface area contributed by atoms with E-state index in [0.29, 0.717) is 27.0 Å². The van der Waals surface area contributed by atoms with Crippen molar-refractivity contribution in [2.45, 2.75) is 5.92 Å². The van der Waals surface area contributed by atoms with Gasteiger partial charge in [0.1, 0.15) is 22.3 Å². The molecule has 9 heteroatoms. The molecule has 8 nitrogen and oxygen atoms in total. The summed E-state index contributed by atoms with van der Waals surface area (Å²) in [6.07, 6.45) is 1.42. The first kappa shape index (κ1) is 23.0. The van der Waals surface area contributed by atoms with Gasteiger partial charge in [0.2, 0.25) is 0 Å². The van der Waals surface area contributed by atoms with Crippen LogP contribution in [0, 0.1) is 11.3 Å². The summed E-state index contributed by atoms with van der Waals surface area (Å²) in [6, 6.07) is 16.3. The van der Waals surface area contributed by atoms with Crippen LogP contribution in [0.15, 0.2) is 76.6 Å². The molecule has 2 aromatic carbocycles. The van der Waals surface area contributed by atoms with E-state index in [-0.39, 0.29) is 17.0 Å². The molecule has 0 radical (unpaired) electrons. The predicted molar refractivity (Wildman–Crippen MR) is 127 cm³/mol. The number of rotatable bonds is 5. The summed E-state index contributed by atoms with van der Waals surface area (Å²) in [5.41, 5.74) is 7.91. The minimum atomic E-state index is -0.844. The molecular weight excluding hydrogens is 454 g/mol. The second-order valence-electron chi connectivity index (χ2n) is 7.35. The predicted octanol–water partition coefficient (Wildman–Crippen LogP) is 3.50. The molecule has 2 aromatic rings. The van der Waals surface area contributed by atoms with E-state index in [4.69, 9.17) is 19.9 Å². The highest BCUT2D eigenvalue weighted by molar-refractivity contribution is 8.11. The topological polar surface area (TPSA) is 115 Å². The zero-order chi connectivity index (χ0) is 24.4. The van der Waals surface area contributed by atoms with Crippen molar-refractivity contribution < 1.29 is 23.8 Å². The van der Waals surface area contributed by atoms with Crippen LogP contribution in [0.3, 0.4) is 0 Å². The number of carbonyl (C=O) groups excluding carboxylic acids is 2. The lowest BCUT2D eigenvalue weighted by Gasteiger charge is -2.37. The zero-order valence-corrected chi connectivity index (χ0v) is 19.5. The maximum atomic E-state index is 13.2. The number of hydrogen-bond donors (Lipinski definition) is 1. The molecule has 1 atom stereocenters. The zero-order valence-electron chi connectivity index (χ0n) is 18.7. The fourth-order valence-corrected chi connectivity index (χ4v) is 5.11. The highest BCUT2D eigenvalue weighted by Gasteiger charge is 2.43. The monoisotopic (exact) mass is 475 g/mol. The highest BCUT2D eigenvalue weighted by atomic mass is 32.2. The summed E-state index contributed by atoms with van der Waals surface area (Å²) in [6.45, 7) is 0. The van der Waals surface area contributed by atoms with Gasteiger partial charge in [-0.3, -0.25) is 9.69 Å². The second kappa shape index (κ2) is 9.37. The van der Waals surface area contributed by atoms with Crippen LogP contribution in [0.25, 0.3) is 4.91 Å². The standard InChI is InChI=1S/C25H21N3O5S/c1-31-16-8-4-6-14(10-16)19-12-20(29)28-23(27)18(13-26)21(15-7-5-9-17(11-15)32-2)22(24(28)34-19)25(30)33-3/h4-12,21H,27H2,1-3H3. The maximum absolute atomic E-state index is 13.2. The Morgan fingerprint density at radius 1 is 1.09 bits per heavy atom. The van der Waals surface area contributed by atoms with Crippen molar-refractivity contribution in [3.63, 3.8) is 0 Å². The van der Waals surface area contributed by atoms with Crippen LogP contribution in [0.2, 0.25) is 0 Å². The molecule has 0 aliphatic carbocycles. The largest absolute Gasteiger partial charge is 0.497 e. The molecule has 1 amide bonds. The number of benzene rings is 2. The Morgan fingerprint density at radius 2 is 1.76 bits per heavy atom. The molecule has 2 heterocycles. The molecule has 0 spiro atoms. The number of thioether (sulfide) groups is 1. The van der Waals surface area contributed by atoms with Crippen molar-refractivity contribution in [3.05, 3.63) is 87.7 Å². The van der Waals surface area contributed by atoms with Gasteiger partial charge in [-0.2, -0.15) is 5.26 Å². The van der Waals surface area contributed by atoms with E-state index in [1.54, 1.807) is 43.5 Å². The Kier molecular flexibility index (Phi) is 6.34. The van der Waals surface area contributed by atoms with Crippen LogP contribution in [-0.4, -0.2) is 38.1 Å². The number of fused-ring (bicyclic) bond motifs is 1. The van der Waals surface area contributed by atoms with Gasteiger partial charge in [-0.1, -0.05) is 36.0 Å². The maximum Gasteiger partial charge on any atom is 0.337 e. The number of hydrogen-bond acceptors (Lipinski definition) is 8. The summed E-state index contributed by atoms with van der Waals surface area (Å²) in [7, 11) is 4.34. The summed E-state index contributed by atoms with van der Waals surface area (Å²) < 4.78 is 15.7. The van der Waals surface area contributed by atoms with E-state index in [1.807, 2.05) is 12.1 Å². The van der Waals surface area contributed by atoms with Crippen molar-refractivity contribution in [1.29, 1.82) is 5.26 Å². The van der Waals surface area contributed by atoms with E-state index < -0.39 is 17.8 Å². The molecule has 2 aliphatic heterocycles. The van der Waals surface area contributed by atoms with Crippen molar-refractivity contribution in [2.24, 2.45) is 5.73 Å². The molecule has 0 saturated carbocycles. The van der Waals surface area contributed by atoms with E-state index in [0.717, 1.165) is 5.56 Å². The molecule has 2 N–H and O–H groups in total. The number of carbonyl (C=O) groups is 2. The third-order valence-corrected chi connectivity index (χ3v) is 6.69. The molecule has 2 aliphatic rings. The van der Waals surface area contributed by atoms with Gasteiger partial charge >= 0.3 is 5.97 Å². The lowest BCUT2D eigenvalue weighted by atomic mass is 9.83. The molecular formula is C25H21N3O5S. The van der Waals surface area contributed by atoms with E-state index in [1.165, 1.54) is 37.0 Å². The Balaban J connectivity index is 1.95. The van der Waals surface area contributed by atoms with Gasteiger partial charge in [0.15, 0.2) is 0 Å². The molecule has 34 heavy (non-hydrogen) atoms. The van der Waals surface area contributed by atoms with Crippen molar-refractivity contribution >= 4 is 28.5 Å². The van der Waals surface area contributed by atoms with E-state index in [9.17, 15) is 14.9 Å². The van der Waals surface area contributed by atoms with Crippen molar-refractivity contribution in [2.75, 3.05) is 21.3 Å². The van der Waals surface area contributed by atoms with Crippen LogP contribution >= 0.6 is 11.8 Å². The van der Waals surface area contributed by atoms with Crippen LogP contribution in [0.4, 0.5) is 0 Å². The summed E-state index contributed by atoms with van der Waals surface area (Å²) in [5.74, 6) is -0.836. The average molecular weight is 476 g/mol. The first-order chi connectivity index (χ1) is 16.4. The number of ether oxygens (including phenoxy) is 3.